The molecule has 2 aromatic rings. The lowest BCUT2D eigenvalue weighted by Gasteiger charge is -1.99. The van der Waals surface area contributed by atoms with E-state index in [-0.39, 0.29) is 5.56 Å². The van der Waals surface area contributed by atoms with E-state index in [1.165, 1.54) is 18.2 Å². The zero-order valence-corrected chi connectivity index (χ0v) is 11.6. The maximum absolute atomic E-state index is 13.0. The molecule has 1 N–H and O–H groups in total. The summed E-state index contributed by atoms with van der Waals surface area (Å²) >= 11 is 0. The Hall–Kier alpha value is -2.75. The van der Waals surface area contributed by atoms with E-state index in [0.29, 0.717) is 0 Å². The Morgan fingerprint density at radius 1 is 1.14 bits per heavy atom. The molecule has 0 heterocycles. The Morgan fingerprint density at radius 2 is 1.90 bits per heavy atom. The molecule has 0 aliphatic rings. The number of halogens is 1. The molecule has 106 valence electrons. The van der Waals surface area contributed by atoms with E-state index < -0.39 is 11.7 Å². The van der Waals surface area contributed by atoms with Crippen LogP contribution in [0.5, 0.6) is 0 Å². The third-order valence-corrected chi connectivity index (χ3v) is 2.71. The largest absolute Gasteiger partial charge is 0.271 e. The third kappa shape index (κ3) is 4.69. The van der Waals surface area contributed by atoms with E-state index in [9.17, 15) is 9.18 Å². The van der Waals surface area contributed by atoms with Gasteiger partial charge >= 0.3 is 0 Å². The number of carbonyl (C=O) groups excluding carboxylic acids is 1. The molecule has 0 aromatic heterocycles. The molecule has 0 saturated heterocycles. The summed E-state index contributed by atoms with van der Waals surface area (Å²) in [5.41, 5.74) is 4.54. The molecule has 2 rings (SSSR count). The summed E-state index contributed by atoms with van der Waals surface area (Å²) in [6, 6.07) is 15.2. The number of nitrogens with one attached hydrogen (secondary N) is 1. The molecule has 2 aromatic carbocycles. The molecular formula is C17H15FN2O. The molecule has 0 spiro atoms. The van der Waals surface area contributed by atoms with Crippen molar-refractivity contribution in [3.05, 3.63) is 77.1 Å². The predicted molar refractivity (Wildman–Crippen MR) is 82.5 cm³/mol. The van der Waals surface area contributed by atoms with Gasteiger partial charge in [0.15, 0.2) is 0 Å². The summed E-state index contributed by atoms with van der Waals surface area (Å²) in [7, 11) is 0. The van der Waals surface area contributed by atoms with Gasteiger partial charge in [-0.25, -0.2) is 9.82 Å². The summed E-state index contributed by atoms with van der Waals surface area (Å²) in [5, 5.41) is 3.86. The number of carbonyl (C=O) groups is 1. The second-order valence-electron chi connectivity index (χ2n) is 4.51. The lowest BCUT2D eigenvalue weighted by Crippen LogP contribution is -2.17. The second kappa shape index (κ2) is 7.14. The molecule has 0 aliphatic carbocycles. The molecule has 1 amide bonds. The van der Waals surface area contributed by atoms with E-state index in [2.05, 4.69) is 10.5 Å². The van der Waals surface area contributed by atoms with E-state index >= 15 is 0 Å². The highest BCUT2D eigenvalue weighted by atomic mass is 19.1. The van der Waals surface area contributed by atoms with Crippen LogP contribution in [0.15, 0.2) is 65.3 Å². The van der Waals surface area contributed by atoms with Crippen molar-refractivity contribution in [2.45, 2.75) is 6.92 Å². The van der Waals surface area contributed by atoms with E-state index in [1.54, 1.807) is 6.21 Å². The Balaban J connectivity index is 1.96. The number of hydrazone groups is 1. The van der Waals surface area contributed by atoms with Crippen LogP contribution in [0.4, 0.5) is 4.39 Å². The van der Waals surface area contributed by atoms with Crippen molar-refractivity contribution in [3.8, 4) is 0 Å². The van der Waals surface area contributed by atoms with E-state index in [1.807, 2.05) is 43.3 Å². The fourth-order valence-corrected chi connectivity index (χ4v) is 1.74. The Labute approximate surface area is 122 Å². The van der Waals surface area contributed by atoms with Crippen molar-refractivity contribution >= 4 is 18.2 Å². The molecule has 21 heavy (non-hydrogen) atoms. The van der Waals surface area contributed by atoms with Gasteiger partial charge in [-0.3, -0.25) is 4.79 Å². The zero-order valence-electron chi connectivity index (χ0n) is 11.6. The molecule has 0 fully saturated rings. The van der Waals surface area contributed by atoms with Crippen LogP contribution in [0.3, 0.4) is 0 Å². The lowest BCUT2D eigenvalue weighted by molar-refractivity contribution is 0.0954. The number of allylic oxidation sites excluding steroid dienone is 1. The molecular weight excluding hydrogens is 267 g/mol. The molecule has 3 nitrogen and oxygen atoms in total. The number of rotatable bonds is 4. The second-order valence-corrected chi connectivity index (χ2v) is 4.51. The van der Waals surface area contributed by atoms with Crippen LogP contribution in [0.25, 0.3) is 6.08 Å². The third-order valence-electron chi connectivity index (χ3n) is 2.71. The first kappa shape index (κ1) is 14.7. The first-order valence-electron chi connectivity index (χ1n) is 6.47. The molecule has 0 aliphatic heterocycles. The minimum absolute atomic E-state index is 0.233. The predicted octanol–water partition coefficient (Wildman–Crippen LogP) is 3.64. The lowest BCUT2D eigenvalue weighted by atomic mass is 10.1. The van der Waals surface area contributed by atoms with Gasteiger partial charge in [0.25, 0.3) is 5.91 Å². The highest BCUT2D eigenvalue weighted by molar-refractivity contribution is 5.95. The SMILES string of the molecule is CC(=C/c1ccccc1)/C=N/NC(=O)c1cccc(F)c1. The van der Waals surface area contributed by atoms with Crippen molar-refractivity contribution in [1.29, 1.82) is 0 Å². The number of amides is 1. The van der Waals surface area contributed by atoms with Gasteiger partial charge in [0, 0.05) is 5.56 Å². The summed E-state index contributed by atoms with van der Waals surface area (Å²) in [4.78, 5) is 11.7. The van der Waals surface area contributed by atoms with Crippen molar-refractivity contribution in [2.75, 3.05) is 0 Å². The van der Waals surface area contributed by atoms with Crippen molar-refractivity contribution in [2.24, 2.45) is 5.10 Å². The van der Waals surface area contributed by atoms with Crippen molar-refractivity contribution in [3.63, 3.8) is 0 Å². The highest BCUT2D eigenvalue weighted by Crippen LogP contribution is 2.05. The highest BCUT2D eigenvalue weighted by Gasteiger charge is 2.04. The van der Waals surface area contributed by atoms with Gasteiger partial charge in [-0.1, -0.05) is 42.5 Å². The maximum atomic E-state index is 13.0. The van der Waals surface area contributed by atoms with E-state index in [4.69, 9.17) is 0 Å². The summed E-state index contributed by atoms with van der Waals surface area (Å²) in [5.74, 6) is -0.898. The molecule has 4 heteroatoms. The first-order chi connectivity index (χ1) is 10.1. The average molecular weight is 282 g/mol. The molecule has 0 unspecified atom stereocenters. The summed E-state index contributed by atoms with van der Waals surface area (Å²) in [6.07, 6.45) is 3.49. The minimum atomic E-state index is -0.452. The van der Waals surface area contributed by atoms with Gasteiger partial charge in [0.2, 0.25) is 0 Å². The van der Waals surface area contributed by atoms with Crippen LogP contribution in [-0.4, -0.2) is 12.1 Å². The number of hydrogen-bond donors (Lipinski definition) is 1. The van der Waals surface area contributed by atoms with Crippen LogP contribution in [0, 0.1) is 5.82 Å². The fraction of sp³-hybridized carbons (Fsp3) is 0.0588. The Bertz CT molecular complexity index is 678. The fourth-order valence-electron chi connectivity index (χ4n) is 1.74. The topological polar surface area (TPSA) is 41.5 Å². The smallest absolute Gasteiger partial charge is 0.267 e. The average Bonchev–Trinajstić information content (AvgIpc) is 2.48. The van der Waals surface area contributed by atoms with Gasteiger partial charge in [-0.2, -0.15) is 5.10 Å². The van der Waals surface area contributed by atoms with Gasteiger partial charge in [0.05, 0.1) is 6.21 Å². The van der Waals surface area contributed by atoms with Crippen LogP contribution < -0.4 is 5.43 Å². The Morgan fingerprint density at radius 3 is 2.62 bits per heavy atom. The van der Waals surface area contributed by atoms with Gasteiger partial charge < -0.3 is 0 Å². The first-order valence-corrected chi connectivity index (χ1v) is 6.47. The van der Waals surface area contributed by atoms with Crippen molar-refractivity contribution < 1.29 is 9.18 Å². The molecule has 0 atom stereocenters. The molecule has 0 bridgehead atoms. The van der Waals surface area contributed by atoms with Gasteiger partial charge in [-0.15, -0.1) is 0 Å². The number of benzene rings is 2. The van der Waals surface area contributed by atoms with Crippen LogP contribution in [0.1, 0.15) is 22.8 Å². The molecule has 0 radical (unpaired) electrons. The quantitative estimate of drug-likeness (QED) is 0.675. The zero-order chi connectivity index (χ0) is 15.1. The molecule has 0 saturated carbocycles. The summed E-state index contributed by atoms with van der Waals surface area (Å²) in [6.45, 7) is 1.88. The summed E-state index contributed by atoms with van der Waals surface area (Å²) < 4.78 is 13.0. The monoisotopic (exact) mass is 282 g/mol. The minimum Gasteiger partial charge on any atom is -0.267 e. The normalized spacial score (nSPS) is 11.6. The number of nitrogens with zero attached hydrogens (tertiary/aromatic N) is 1. The number of hydrogen-bond acceptors (Lipinski definition) is 2. The van der Waals surface area contributed by atoms with Gasteiger partial charge in [-0.05, 0) is 36.3 Å². The Kier molecular flexibility index (Phi) is 4.99. The van der Waals surface area contributed by atoms with Crippen LogP contribution in [-0.2, 0) is 0 Å². The van der Waals surface area contributed by atoms with E-state index in [0.717, 1.165) is 17.2 Å². The van der Waals surface area contributed by atoms with Crippen molar-refractivity contribution in [1.82, 2.24) is 5.43 Å². The standard InChI is InChI=1S/C17H15FN2O/c1-13(10-14-6-3-2-4-7-14)12-19-20-17(21)15-8-5-9-16(18)11-15/h2-12H,1H3,(H,20,21)/b13-10-,19-12+. The van der Waals surface area contributed by atoms with Crippen LogP contribution >= 0.6 is 0 Å². The van der Waals surface area contributed by atoms with Crippen LogP contribution in [0.2, 0.25) is 0 Å². The van der Waals surface area contributed by atoms with Gasteiger partial charge in [0.1, 0.15) is 5.82 Å². The maximum Gasteiger partial charge on any atom is 0.271 e.